The zero-order valence-electron chi connectivity index (χ0n) is 39.8. The van der Waals surface area contributed by atoms with Crippen molar-refractivity contribution >= 4 is 76.2 Å². The monoisotopic (exact) mass is 943 g/mol. The van der Waals surface area contributed by atoms with Gasteiger partial charge in [0.1, 0.15) is 11.1 Å². The number of rotatable bonds is 7. The normalized spacial score (nSPS) is 11.8. The highest BCUT2D eigenvalue weighted by Crippen LogP contribution is 2.45. The zero-order chi connectivity index (χ0) is 48.7. The van der Waals surface area contributed by atoms with Crippen LogP contribution in [-0.2, 0) is 0 Å². The predicted molar refractivity (Wildman–Crippen MR) is 304 cm³/mol. The molecule has 0 aliphatic heterocycles. The first-order valence-electron chi connectivity index (χ1n) is 24.9. The Hall–Kier alpha value is -10.0. The van der Waals surface area contributed by atoms with Crippen molar-refractivity contribution in [2.24, 2.45) is 0 Å². The fourth-order valence-corrected chi connectivity index (χ4v) is 11.3. The van der Waals surface area contributed by atoms with Crippen LogP contribution in [0.15, 0.2) is 253 Å². The van der Waals surface area contributed by atoms with Crippen LogP contribution in [0.4, 0.5) is 0 Å². The minimum Gasteiger partial charge on any atom is -0.454 e. The second-order valence-corrected chi connectivity index (χ2v) is 18.9. The van der Waals surface area contributed by atoms with Crippen LogP contribution in [0.1, 0.15) is 0 Å². The number of hydrogen-bond donors (Lipinski definition) is 0. The number of nitrogens with zero attached hydrogens (tertiary/aromatic N) is 5. The van der Waals surface area contributed by atoms with E-state index in [-0.39, 0.29) is 0 Å². The van der Waals surface area contributed by atoms with Crippen molar-refractivity contribution in [3.05, 3.63) is 249 Å². The van der Waals surface area contributed by atoms with E-state index < -0.39 is 0 Å². The molecule has 4 heterocycles. The molecule has 11 aromatic carbocycles. The Kier molecular flexibility index (Phi) is 9.47. The summed E-state index contributed by atoms with van der Waals surface area (Å²) < 4.78 is 8.79. The lowest BCUT2D eigenvalue weighted by molar-refractivity contribution is 0.668. The number of aromatic nitrogens is 5. The van der Waals surface area contributed by atoms with E-state index in [4.69, 9.17) is 24.4 Å². The number of hydrogen-bond acceptors (Lipinski definition) is 5. The molecule has 0 bridgehead atoms. The fourth-order valence-electron chi connectivity index (χ4n) is 11.3. The van der Waals surface area contributed by atoms with Gasteiger partial charge in [-0.15, -0.1) is 0 Å². The number of furan rings is 1. The van der Waals surface area contributed by atoms with Gasteiger partial charge in [0.15, 0.2) is 23.1 Å². The summed E-state index contributed by atoms with van der Waals surface area (Å²) in [5.74, 6) is 1.68. The Morgan fingerprint density at radius 2 is 0.919 bits per heavy atom. The van der Waals surface area contributed by atoms with Crippen LogP contribution in [0.2, 0.25) is 0 Å². The molecule has 6 nitrogen and oxygen atoms in total. The molecule has 15 rings (SSSR count). The number of pyridine rings is 1. The third-order valence-corrected chi connectivity index (χ3v) is 14.7. The summed E-state index contributed by atoms with van der Waals surface area (Å²) in [5, 5.41) is 10.0. The minimum absolute atomic E-state index is 0.537. The Bertz CT molecular complexity index is 4710. The first kappa shape index (κ1) is 41.7. The SMILES string of the molecule is c1ccc(-c2ccc(-c3c4ccccc4cc4c3c3ccccc3n4-c3ccc(-c4nc(-c5ccc6cc(-c7ccccc7)ccc6c5)nc(-c5cccc6oc7cccnc7c56)n4)c4ccccc34)cc2)cc1. The van der Waals surface area contributed by atoms with Gasteiger partial charge in [-0.2, -0.15) is 0 Å². The van der Waals surface area contributed by atoms with E-state index in [1.54, 1.807) is 6.20 Å². The zero-order valence-corrected chi connectivity index (χ0v) is 39.8. The van der Waals surface area contributed by atoms with E-state index in [1.807, 2.05) is 30.3 Å². The second kappa shape index (κ2) is 16.8. The van der Waals surface area contributed by atoms with E-state index in [2.05, 4.69) is 217 Å². The van der Waals surface area contributed by atoms with Crippen molar-refractivity contribution in [3.63, 3.8) is 0 Å². The largest absolute Gasteiger partial charge is 0.454 e. The minimum atomic E-state index is 0.537. The highest BCUT2D eigenvalue weighted by molar-refractivity contribution is 6.23. The van der Waals surface area contributed by atoms with Gasteiger partial charge in [0.2, 0.25) is 0 Å². The Balaban J connectivity index is 0.940. The molecular weight excluding hydrogens is 903 g/mol. The number of fused-ring (bicyclic) bond motifs is 9. The molecule has 0 N–H and O–H groups in total. The first-order chi connectivity index (χ1) is 36.7. The highest BCUT2D eigenvalue weighted by Gasteiger charge is 2.23. The molecule has 4 aromatic heterocycles. The Labute approximate surface area is 425 Å². The summed E-state index contributed by atoms with van der Waals surface area (Å²) in [6, 6.07) is 86.1. The molecule has 0 amide bonds. The maximum Gasteiger partial charge on any atom is 0.164 e. The summed E-state index contributed by atoms with van der Waals surface area (Å²) in [4.78, 5) is 20.9. The lowest BCUT2D eigenvalue weighted by Gasteiger charge is -2.16. The molecule has 15 aromatic rings. The molecule has 0 aliphatic rings. The van der Waals surface area contributed by atoms with Gasteiger partial charge in [-0.25, -0.2) is 15.0 Å². The van der Waals surface area contributed by atoms with Crippen molar-refractivity contribution in [1.29, 1.82) is 0 Å². The Morgan fingerprint density at radius 1 is 0.324 bits per heavy atom. The van der Waals surface area contributed by atoms with Crippen LogP contribution in [0.5, 0.6) is 0 Å². The summed E-state index contributed by atoms with van der Waals surface area (Å²) >= 11 is 0. The van der Waals surface area contributed by atoms with Crippen molar-refractivity contribution in [2.45, 2.75) is 0 Å². The standard InChI is InChI=1S/C68H41N5O/c1-3-15-42(16-4-1)44-28-30-45(31-29-44)62-51-20-8-7-19-49(51)41-59-63(62)55-23-11-12-25-57(55)73(59)58-37-36-54(52-21-9-10-22-53(52)58)67-70-66(50-35-34-47-39-46(32-33-48(47)40-50)43-17-5-2-6-18-43)71-68(72-67)56-24-13-26-60-64(56)65-61(74-60)27-14-38-69-65/h1-41H. The van der Waals surface area contributed by atoms with E-state index in [0.29, 0.717) is 23.1 Å². The highest BCUT2D eigenvalue weighted by atomic mass is 16.3. The van der Waals surface area contributed by atoms with Gasteiger partial charge < -0.3 is 8.98 Å². The average Bonchev–Trinajstić information content (AvgIpc) is 4.02. The molecule has 0 radical (unpaired) electrons. The predicted octanol–water partition coefficient (Wildman–Crippen LogP) is 17.7. The van der Waals surface area contributed by atoms with Gasteiger partial charge in [0, 0.05) is 39.0 Å². The number of benzene rings is 11. The molecule has 0 unspecified atom stereocenters. The maximum atomic E-state index is 6.34. The molecule has 0 fully saturated rings. The summed E-state index contributed by atoms with van der Waals surface area (Å²) in [5.41, 5.74) is 15.3. The lowest BCUT2D eigenvalue weighted by Crippen LogP contribution is -2.02. The van der Waals surface area contributed by atoms with Crippen molar-refractivity contribution in [2.75, 3.05) is 0 Å². The van der Waals surface area contributed by atoms with Crippen LogP contribution in [0.3, 0.4) is 0 Å². The van der Waals surface area contributed by atoms with E-state index in [0.717, 1.165) is 71.4 Å². The van der Waals surface area contributed by atoms with Crippen LogP contribution in [0.25, 0.3) is 149 Å². The molecule has 74 heavy (non-hydrogen) atoms. The van der Waals surface area contributed by atoms with Crippen LogP contribution in [-0.4, -0.2) is 24.5 Å². The van der Waals surface area contributed by atoms with Crippen molar-refractivity contribution in [3.8, 4) is 73.2 Å². The van der Waals surface area contributed by atoms with Gasteiger partial charge in [-0.1, -0.05) is 188 Å². The molecule has 0 saturated heterocycles. The topological polar surface area (TPSA) is 69.6 Å². The van der Waals surface area contributed by atoms with Crippen LogP contribution >= 0.6 is 0 Å². The molecule has 0 saturated carbocycles. The van der Waals surface area contributed by atoms with Crippen molar-refractivity contribution in [1.82, 2.24) is 24.5 Å². The summed E-state index contributed by atoms with van der Waals surface area (Å²) in [6.07, 6.45) is 1.80. The van der Waals surface area contributed by atoms with Gasteiger partial charge in [-0.05, 0) is 115 Å². The van der Waals surface area contributed by atoms with Crippen LogP contribution in [0, 0.1) is 0 Å². The van der Waals surface area contributed by atoms with Crippen molar-refractivity contribution < 1.29 is 4.42 Å². The van der Waals surface area contributed by atoms with E-state index in [9.17, 15) is 0 Å². The fraction of sp³-hybridized carbons (Fsp3) is 0. The number of para-hydroxylation sites is 1. The molecular formula is C68H41N5O. The third kappa shape index (κ3) is 6.73. The lowest BCUT2D eigenvalue weighted by atomic mass is 9.92. The summed E-state index contributed by atoms with van der Waals surface area (Å²) in [6.45, 7) is 0. The average molecular weight is 944 g/mol. The molecule has 0 aliphatic carbocycles. The smallest absolute Gasteiger partial charge is 0.164 e. The molecule has 0 spiro atoms. The Morgan fingerprint density at radius 3 is 1.72 bits per heavy atom. The second-order valence-electron chi connectivity index (χ2n) is 18.9. The third-order valence-electron chi connectivity index (χ3n) is 14.7. The van der Waals surface area contributed by atoms with Gasteiger partial charge in [-0.3, -0.25) is 4.98 Å². The van der Waals surface area contributed by atoms with Crippen LogP contribution < -0.4 is 0 Å². The van der Waals surface area contributed by atoms with Gasteiger partial charge in [0.05, 0.1) is 22.1 Å². The molecule has 344 valence electrons. The van der Waals surface area contributed by atoms with E-state index in [1.165, 1.54) is 54.9 Å². The first-order valence-corrected chi connectivity index (χ1v) is 24.9. The summed E-state index contributed by atoms with van der Waals surface area (Å²) in [7, 11) is 0. The molecule has 0 atom stereocenters. The quantitative estimate of drug-likeness (QED) is 0.159. The van der Waals surface area contributed by atoms with E-state index >= 15 is 0 Å². The maximum absolute atomic E-state index is 6.34. The van der Waals surface area contributed by atoms with Gasteiger partial charge >= 0.3 is 0 Å². The van der Waals surface area contributed by atoms with Gasteiger partial charge in [0.25, 0.3) is 0 Å². The molecule has 6 heteroatoms.